The summed E-state index contributed by atoms with van der Waals surface area (Å²) in [6.45, 7) is 8.01. The molecule has 0 heterocycles. The molecule has 10 nitrogen and oxygen atoms in total. The van der Waals surface area contributed by atoms with Gasteiger partial charge in [0.1, 0.15) is 29.6 Å². The average molecular weight is 640 g/mol. The molecule has 244 valence electrons. The molecule has 1 aliphatic rings. The molecule has 47 heavy (non-hydrogen) atoms. The molecule has 0 aromatic heterocycles. The van der Waals surface area contributed by atoms with E-state index in [0.717, 1.165) is 22.8 Å². The van der Waals surface area contributed by atoms with Gasteiger partial charge in [-0.2, -0.15) is 0 Å². The monoisotopic (exact) mass is 640 g/mol. The third-order valence-electron chi connectivity index (χ3n) is 7.49. The van der Waals surface area contributed by atoms with Crippen LogP contribution in [0.1, 0.15) is 65.8 Å². The van der Waals surface area contributed by atoms with E-state index in [-0.39, 0.29) is 6.61 Å². The number of carbonyl (C=O) groups is 3. The lowest BCUT2D eigenvalue weighted by molar-refractivity contribution is -0.137. The van der Waals surface area contributed by atoms with E-state index in [1.807, 2.05) is 13.8 Å². The summed E-state index contributed by atoms with van der Waals surface area (Å²) < 4.78 is 27.8. The maximum Gasteiger partial charge on any atom is 0.488 e. The summed E-state index contributed by atoms with van der Waals surface area (Å²) in [4.78, 5) is 36.8. The van der Waals surface area contributed by atoms with Crippen molar-refractivity contribution in [2.24, 2.45) is 0 Å². The van der Waals surface area contributed by atoms with Gasteiger partial charge < -0.3 is 33.7 Å². The fraction of sp³-hybridized carbons (Fsp3) is 0.250. The number of hydrogen-bond donors (Lipinski definition) is 2. The van der Waals surface area contributed by atoms with Crippen molar-refractivity contribution in [1.82, 2.24) is 0 Å². The first-order valence-corrected chi connectivity index (χ1v) is 15.2. The van der Waals surface area contributed by atoms with Crippen LogP contribution in [0.4, 0.5) is 0 Å². The maximum atomic E-state index is 12.9. The van der Waals surface area contributed by atoms with E-state index >= 15 is 0 Å². The maximum absolute atomic E-state index is 12.9. The molecule has 0 spiro atoms. The first-order chi connectivity index (χ1) is 22.6. The van der Waals surface area contributed by atoms with Crippen molar-refractivity contribution in [3.05, 3.63) is 125 Å². The van der Waals surface area contributed by atoms with Crippen LogP contribution < -0.4 is 14.9 Å². The molecular formula is C36H37BO10. The Bertz CT molecular complexity index is 1620. The Hall–Kier alpha value is -5.13. The summed E-state index contributed by atoms with van der Waals surface area (Å²) in [5.74, 6) is 0.767. The van der Waals surface area contributed by atoms with E-state index in [0.29, 0.717) is 78.5 Å². The standard InChI is InChI=1S/C36H37BO10/c1-4-34(38)44-22-6-5-21-43-30-15-9-27(10-16-30)35(39)46-32-19-20-33(25(3)24(32)2)47-36(40)28-11-17-31(18-12-28)45-23-26-7-13-29(14-8-26)37(41)42/h4,7-18,41-42H,1,5-6,19-23H2,2-3H3. The third kappa shape index (κ3) is 10.2. The zero-order chi connectivity index (χ0) is 33.8. The number of rotatable bonds is 15. The van der Waals surface area contributed by atoms with E-state index in [4.69, 9.17) is 23.7 Å². The Morgan fingerprint density at radius 3 is 1.70 bits per heavy atom. The lowest BCUT2D eigenvalue weighted by Gasteiger charge is -2.22. The van der Waals surface area contributed by atoms with Crippen LogP contribution in [0.2, 0.25) is 0 Å². The molecule has 0 atom stereocenters. The van der Waals surface area contributed by atoms with Gasteiger partial charge in [0.05, 0.1) is 24.3 Å². The van der Waals surface area contributed by atoms with E-state index in [2.05, 4.69) is 6.58 Å². The molecule has 0 unspecified atom stereocenters. The minimum Gasteiger partial charge on any atom is -0.494 e. The van der Waals surface area contributed by atoms with Crippen LogP contribution in [0.15, 0.2) is 108 Å². The summed E-state index contributed by atoms with van der Waals surface area (Å²) in [6, 6.07) is 20.0. The van der Waals surface area contributed by atoms with Gasteiger partial charge >= 0.3 is 25.0 Å². The van der Waals surface area contributed by atoms with Crippen molar-refractivity contribution < 1.29 is 48.1 Å². The molecule has 0 aliphatic heterocycles. The quantitative estimate of drug-likeness (QED) is 0.0751. The minimum atomic E-state index is -1.52. The highest BCUT2D eigenvalue weighted by molar-refractivity contribution is 6.58. The third-order valence-corrected chi connectivity index (χ3v) is 7.49. The molecular weight excluding hydrogens is 603 g/mol. The largest absolute Gasteiger partial charge is 0.494 e. The predicted molar refractivity (Wildman–Crippen MR) is 175 cm³/mol. The SMILES string of the molecule is C=CC(=O)OCCCCOc1ccc(C(=O)OC2=C(C)C(C)=C(OC(=O)c3ccc(OCc4ccc(B(O)O)cc4)cc3)CC2)cc1. The highest BCUT2D eigenvalue weighted by Crippen LogP contribution is 2.32. The van der Waals surface area contributed by atoms with Crippen molar-refractivity contribution in [3.63, 3.8) is 0 Å². The van der Waals surface area contributed by atoms with E-state index in [9.17, 15) is 24.4 Å². The fourth-order valence-electron chi connectivity index (χ4n) is 4.57. The molecule has 1 aliphatic carbocycles. The van der Waals surface area contributed by atoms with Crippen molar-refractivity contribution >= 4 is 30.5 Å². The van der Waals surface area contributed by atoms with E-state index < -0.39 is 25.0 Å². The van der Waals surface area contributed by atoms with Gasteiger partial charge in [-0.3, -0.25) is 0 Å². The van der Waals surface area contributed by atoms with Crippen LogP contribution in [-0.2, 0) is 25.6 Å². The smallest absolute Gasteiger partial charge is 0.488 e. The van der Waals surface area contributed by atoms with Crippen molar-refractivity contribution in [1.29, 1.82) is 0 Å². The van der Waals surface area contributed by atoms with Crippen LogP contribution in [0.25, 0.3) is 0 Å². The average Bonchev–Trinajstić information content (AvgIpc) is 3.09. The van der Waals surface area contributed by atoms with E-state index in [1.54, 1.807) is 72.8 Å². The second-order valence-electron chi connectivity index (χ2n) is 10.8. The van der Waals surface area contributed by atoms with Crippen LogP contribution in [0, 0.1) is 0 Å². The molecule has 4 rings (SSSR count). The fourth-order valence-corrected chi connectivity index (χ4v) is 4.57. The van der Waals surface area contributed by atoms with Crippen LogP contribution in [0.3, 0.4) is 0 Å². The zero-order valence-corrected chi connectivity index (χ0v) is 26.4. The molecule has 0 bridgehead atoms. The molecule has 3 aromatic carbocycles. The molecule has 0 fully saturated rings. The molecule has 0 saturated heterocycles. The first-order valence-electron chi connectivity index (χ1n) is 15.2. The molecule has 0 amide bonds. The van der Waals surface area contributed by atoms with Gasteiger partial charge in [0.2, 0.25) is 0 Å². The van der Waals surface area contributed by atoms with Gasteiger partial charge in [-0.15, -0.1) is 0 Å². The summed E-state index contributed by atoms with van der Waals surface area (Å²) >= 11 is 0. The Morgan fingerprint density at radius 2 is 1.21 bits per heavy atom. The highest BCUT2D eigenvalue weighted by atomic mass is 16.5. The summed E-state index contributed by atoms with van der Waals surface area (Å²) in [6.07, 6.45) is 3.27. The molecule has 2 N–H and O–H groups in total. The Balaban J connectivity index is 1.25. The second-order valence-corrected chi connectivity index (χ2v) is 10.8. The number of unbranched alkanes of at least 4 members (excludes halogenated alkanes) is 1. The summed E-state index contributed by atoms with van der Waals surface area (Å²) in [7, 11) is -1.52. The van der Waals surface area contributed by atoms with Crippen molar-refractivity contribution in [2.45, 2.75) is 46.1 Å². The Morgan fingerprint density at radius 1 is 0.723 bits per heavy atom. The van der Waals surface area contributed by atoms with Gasteiger partial charge in [-0.1, -0.05) is 30.8 Å². The number of carbonyl (C=O) groups excluding carboxylic acids is 3. The van der Waals surface area contributed by atoms with Crippen LogP contribution in [-0.4, -0.2) is 48.3 Å². The molecule has 0 radical (unpaired) electrons. The second kappa shape index (κ2) is 17.0. The first kappa shape index (κ1) is 34.7. The lowest BCUT2D eigenvalue weighted by Crippen LogP contribution is -2.29. The molecule has 3 aromatic rings. The number of esters is 3. The summed E-state index contributed by atoms with van der Waals surface area (Å²) in [5.41, 5.74) is 3.45. The zero-order valence-electron chi connectivity index (χ0n) is 26.4. The lowest BCUT2D eigenvalue weighted by atomic mass is 9.80. The van der Waals surface area contributed by atoms with Crippen molar-refractivity contribution in [3.8, 4) is 11.5 Å². The van der Waals surface area contributed by atoms with Gasteiger partial charge in [0.15, 0.2) is 0 Å². The number of benzene rings is 3. The topological polar surface area (TPSA) is 138 Å². The van der Waals surface area contributed by atoms with E-state index in [1.165, 1.54) is 0 Å². The predicted octanol–water partition coefficient (Wildman–Crippen LogP) is 5.19. The number of hydrogen-bond acceptors (Lipinski definition) is 10. The Kier molecular flexibility index (Phi) is 12.5. The molecule has 0 saturated carbocycles. The minimum absolute atomic E-state index is 0.273. The van der Waals surface area contributed by atoms with Crippen LogP contribution in [0.5, 0.6) is 11.5 Å². The van der Waals surface area contributed by atoms with Gasteiger partial charge in [-0.25, -0.2) is 14.4 Å². The number of allylic oxidation sites excluding steroid dienone is 4. The van der Waals surface area contributed by atoms with Gasteiger partial charge in [0, 0.05) is 18.9 Å². The number of ether oxygens (including phenoxy) is 5. The summed E-state index contributed by atoms with van der Waals surface area (Å²) in [5, 5.41) is 18.4. The van der Waals surface area contributed by atoms with Crippen LogP contribution >= 0.6 is 0 Å². The molecule has 11 heteroatoms. The normalized spacial score (nSPS) is 12.7. The van der Waals surface area contributed by atoms with Gasteiger partial charge in [-0.05, 0) is 97.4 Å². The van der Waals surface area contributed by atoms with Crippen molar-refractivity contribution in [2.75, 3.05) is 13.2 Å². The van der Waals surface area contributed by atoms with Gasteiger partial charge in [0.25, 0.3) is 0 Å². The Labute approximate surface area is 274 Å². The highest BCUT2D eigenvalue weighted by Gasteiger charge is 2.23.